The van der Waals surface area contributed by atoms with E-state index in [1.54, 1.807) is 0 Å². The molecule has 20 heavy (non-hydrogen) atoms. The van der Waals surface area contributed by atoms with Gasteiger partial charge in [0.05, 0.1) is 0 Å². The van der Waals surface area contributed by atoms with Crippen LogP contribution >= 0.6 is 15.9 Å². The van der Waals surface area contributed by atoms with Gasteiger partial charge in [-0.2, -0.15) is 0 Å². The molecular formula is C17H19BrFN. The van der Waals surface area contributed by atoms with Gasteiger partial charge in [0, 0.05) is 4.47 Å². The number of rotatable bonds is 6. The molecule has 0 bridgehead atoms. The fourth-order valence-electron chi connectivity index (χ4n) is 2.43. The van der Waals surface area contributed by atoms with Gasteiger partial charge in [0.2, 0.25) is 0 Å². The van der Waals surface area contributed by atoms with Crippen LogP contribution in [0.25, 0.3) is 0 Å². The van der Waals surface area contributed by atoms with E-state index < -0.39 is 0 Å². The van der Waals surface area contributed by atoms with Crippen molar-refractivity contribution in [3.05, 3.63) is 69.9 Å². The molecule has 0 aliphatic heterocycles. The molecule has 0 spiro atoms. The Morgan fingerprint density at radius 2 is 1.75 bits per heavy atom. The molecule has 1 atom stereocenters. The van der Waals surface area contributed by atoms with Gasteiger partial charge < -0.3 is 5.32 Å². The van der Waals surface area contributed by atoms with Crippen molar-refractivity contribution in [1.82, 2.24) is 5.32 Å². The maximum Gasteiger partial charge on any atom is 0.123 e. The van der Waals surface area contributed by atoms with Crippen molar-refractivity contribution in [3.63, 3.8) is 0 Å². The molecule has 0 saturated heterocycles. The second kappa shape index (κ2) is 7.55. The van der Waals surface area contributed by atoms with E-state index in [2.05, 4.69) is 39.4 Å². The molecule has 1 unspecified atom stereocenters. The minimum atomic E-state index is -0.176. The number of nitrogens with one attached hydrogen (secondary N) is 1. The SMILES string of the molecule is CNCC(Cc1ccc(F)cc1)Cc1ccccc1Br. The van der Waals surface area contributed by atoms with E-state index in [1.165, 1.54) is 23.3 Å². The number of benzene rings is 2. The smallest absolute Gasteiger partial charge is 0.123 e. The van der Waals surface area contributed by atoms with E-state index in [4.69, 9.17) is 0 Å². The third-order valence-electron chi connectivity index (χ3n) is 3.40. The predicted molar refractivity (Wildman–Crippen MR) is 85.4 cm³/mol. The van der Waals surface area contributed by atoms with E-state index >= 15 is 0 Å². The molecule has 1 nitrogen and oxygen atoms in total. The molecule has 2 aromatic carbocycles. The second-order valence-electron chi connectivity index (χ2n) is 5.05. The first-order chi connectivity index (χ1) is 9.69. The summed E-state index contributed by atoms with van der Waals surface area (Å²) < 4.78 is 14.1. The topological polar surface area (TPSA) is 12.0 Å². The molecule has 0 aromatic heterocycles. The van der Waals surface area contributed by atoms with Gasteiger partial charge in [-0.05, 0) is 61.7 Å². The van der Waals surface area contributed by atoms with Crippen LogP contribution in [0.15, 0.2) is 53.0 Å². The Bertz CT molecular complexity index is 539. The lowest BCUT2D eigenvalue weighted by Crippen LogP contribution is -2.23. The van der Waals surface area contributed by atoms with Gasteiger partial charge in [-0.15, -0.1) is 0 Å². The highest BCUT2D eigenvalue weighted by molar-refractivity contribution is 9.10. The largest absolute Gasteiger partial charge is 0.319 e. The maximum absolute atomic E-state index is 13.0. The monoisotopic (exact) mass is 335 g/mol. The maximum atomic E-state index is 13.0. The lowest BCUT2D eigenvalue weighted by atomic mass is 9.92. The zero-order valence-corrected chi connectivity index (χ0v) is 13.2. The van der Waals surface area contributed by atoms with E-state index in [0.717, 1.165) is 23.9 Å². The summed E-state index contributed by atoms with van der Waals surface area (Å²) in [7, 11) is 1.97. The fraction of sp³-hybridized carbons (Fsp3) is 0.294. The predicted octanol–water partition coefficient (Wildman–Crippen LogP) is 4.21. The average Bonchev–Trinajstić information content (AvgIpc) is 2.44. The van der Waals surface area contributed by atoms with Crippen LogP contribution in [0, 0.1) is 11.7 Å². The van der Waals surface area contributed by atoms with Gasteiger partial charge in [-0.3, -0.25) is 0 Å². The highest BCUT2D eigenvalue weighted by Crippen LogP contribution is 2.21. The Balaban J connectivity index is 2.07. The first kappa shape index (κ1) is 15.2. The third kappa shape index (κ3) is 4.43. The van der Waals surface area contributed by atoms with E-state index in [0.29, 0.717) is 5.92 Å². The van der Waals surface area contributed by atoms with Gasteiger partial charge in [0.25, 0.3) is 0 Å². The van der Waals surface area contributed by atoms with Crippen LogP contribution in [-0.2, 0) is 12.8 Å². The summed E-state index contributed by atoms with van der Waals surface area (Å²) >= 11 is 3.60. The highest BCUT2D eigenvalue weighted by Gasteiger charge is 2.12. The van der Waals surface area contributed by atoms with Crippen LogP contribution in [-0.4, -0.2) is 13.6 Å². The standard InChI is InChI=1S/C17H19BrFN/c1-20-12-14(10-13-6-8-16(19)9-7-13)11-15-4-2-3-5-17(15)18/h2-9,14,20H,10-12H2,1H3. The van der Waals surface area contributed by atoms with Crippen LogP contribution in [0.1, 0.15) is 11.1 Å². The summed E-state index contributed by atoms with van der Waals surface area (Å²) in [4.78, 5) is 0. The molecule has 1 N–H and O–H groups in total. The lowest BCUT2D eigenvalue weighted by Gasteiger charge is -2.17. The van der Waals surface area contributed by atoms with Crippen LogP contribution in [0.2, 0.25) is 0 Å². The molecule has 0 radical (unpaired) electrons. The fourth-order valence-corrected chi connectivity index (χ4v) is 2.88. The second-order valence-corrected chi connectivity index (χ2v) is 5.90. The van der Waals surface area contributed by atoms with Crippen molar-refractivity contribution in [1.29, 1.82) is 0 Å². The first-order valence-electron chi connectivity index (χ1n) is 6.81. The van der Waals surface area contributed by atoms with E-state index in [1.807, 2.05) is 25.2 Å². The van der Waals surface area contributed by atoms with E-state index in [9.17, 15) is 4.39 Å². The number of halogens is 2. The molecule has 0 saturated carbocycles. The number of hydrogen-bond acceptors (Lipinski definition) is 1. The Morgan fingerprint density at radius 3 is 2.40 bits per heavy atom. The van der Waals surface area contributed by atoms with Crippen molar-refractivity contribution in [2.45, 2.75) is 12.8 Å². The molecule has 0 amide bonds. The lowest BCUT2D eigenvalue weighted by molar-refractivity contribution is 0.492. The Kier molecular flexibility index (Phi) is 5.74. The van der Waals surface area contributed by atoms with Gasteiger partial charge >= 0.3 is 0 Å². The quantitative estimate of drug-likeness (QED) is 0.833. The molecule has 0 aliphatic rings. The van der Waals surface area contributed by atoms with Crippen LogP contribution < -0.4 is 5.32 Å². The van der Waals surface area contributed by atoms with Crippen LogP contribution in [0.5, 0.6) is 0 Å². The van der Waals surface area contributed by atoms with Crippen molar-refractivity contribution < 1.29 is 4.39 Å². The molecule has 3 heteroatoms. The molecule has 2 aromatic rings. The van der Waals surface area contributed by atoms with Crippen molar-refractivity contribution in [3.8, 4) is 0 Å². The van der Waals surface area contributed by atoms with Crippen molar-refractivity contribution in [2.24, 2.45) is 5.92 Å². The summed E-state index contributed by atoms with van der Waals surface area (Å²) in [5.74, 6) is 0.314. The molecule has 0 fully saturated rings. The van der Waals surface area contributed by atoms with Gasteiger partial charge in [-0.1, -0.05) is 46.3 Å². The molecule has 2 rings (SSSR count). The van der Waals surface area contributed by atoms with Crippen LogP contribution in [0.4, 0.5) is 4.39 Å². The minimum Gasteiger partial charge on any atom is -0.319 e. The zero-order valence-electron chi connectivity index (χ0n) is 11.6. The van der Waals surface area contributed by atoms with Crippen molar-refractivity contribution >= 4 is 15.9 Å². The summed E-state index contributed by atoms with van der Waals surface area (Å²) in [5.41, 5.74) is 2.49. The first-order valence-corrected chi connectivity index (χ1v) is 7.61. The Labute approximate surface area is 128 Å². The number of hydrogen-bond donors (Lipinski definition) is 1. The van der Waals surface area contributed by atoms with Gasteiger partial charge in [0.1, 0.15) is 5.82 Å². The normalized spacial score (nSPS) is 12.3. The van der Waals surface area contributed by atoms with Gasteiger partial charge in [-0.25, -0.2) is 4.39 Å². The summed E-state index contributed by atoms with van der Waals surface area (Å²) in [6.07, 6.45) is 1.95. The van der Waals surface area contributed by atoms with E-state index in [-0.39, 0.29) is 5.82 Å². The van der Waals surface area contributed by atoms with Crippen molar-refractivity contribution in [2.75, 3.05) is 13.6 Å². The Hall–Kier alpha value is -1.19. The average molecular weight is 336 g/mol. The summed E-state index contributed by atoms with van der Waals surface area (Å²) in [6, 6.07) is 15.1. The van der Waals surface area contributed by atoms with Crippen LogP contribution in [0.3, 0.4) is 0 Å². The highest BCUT2D eigenvalue weighted by atomic mass is 79.9. The molecular weight excluding hydrogens is 317 g/mol. The molecule has 106 valence electrons. The molecule has 0 heterocycles. The summed E-state index contributed by atoms with van der Waals surface area (Å²) in [6.45, 7) is 0.943. The third-order valence-corrected chi connectivity index (χ3v) is 4.17. The molecule has 0 aliphatic carbocycles. The zero-order chi connectivity index (χ0) is 14.4. The minimum absolute atomic E-state index is 0.176. The van der Waals surface area contributed by atoms with Gasteiger partial charge in [0.15, 0.2) is 0 Å². The summed E-state index contributed by atoms with van der Waals surface area (Å²) in [5, 5.41) is 3.25. The Morgan fingerprint density at radius 1 is 1.05 bits per heavy atom.